The zero-order chi connectivity index (χ0) is 56.5. The lowest BCUT2D eigenvalue weighted by molar-refractivity contribution is -0.285. The molecule has 4 aliphatic rings. The maximum atomic E-state index is 13.6. The molecule has 9 N–H and O–H groups in total. The number of amides is 2. The minimum Gasteiger partial charge on any atom is -0.456 e. The van der Waals surface area contributed by atoms with E-state index < -0.39 is 53.8 Å². The molecule has 0 radical (unpaired) electrons. The van der Waals surface area contributed by atoms with Crippen LogP contribution in [0.5, 0.6) is 0 Å². The topological polar surface area (TPSA) is 294 Å². The number of carbonyl (C=O) groups is 2. The lowest BCUT2D eigenvalue weighted by Crippen LogP contribution is -2.55. The summed E-state index contributed by atoms with van der Waals surface area (Å²) < 4.78 is 64.0. The lowest BCUT2D eigenvalue weighted by Gasteiger charge is -2.40. The molecule has 20 nitrogen and oxygen atoms in total. The van der Waals surface area contributed by atoms with Gasteiger partial charge in [-0.15, -0.1) is 0 Å². The van der Waals surface area contributed by atoms with E-state index in [2.05, 4.69) is 37.6 Å². The zero-order valence-electron chi connectivity index (χ0n) is 44.0. The number of ether oxygens (including phenoxy) is 4. The van der Waals surface area contributed by atoms with Gasteiger partial charge in [0.25, 0.3) is 0 Å². The number of rotatable bonds is 27. The molecule has 79 heavy (non-hydrogen) atoms. The number of fused-ring (bicyclic) bond motifs is 2. The number of nitrogens with one attached hydrogen (secondary N) is 4. The first-order valence-corrected chi connectivity index (χ1v) is 28.1. The molecule has 2 heterocycles. The van der Waals surface area contributed by atoms with Crippen LogP contribution in [0.3, 0.4) is 0 Å². The van der Waals surface area contributed by atoms with E-state index in [0.717, 1.165) is 42.2 Å². The van der Waals surface area contributed by atoms with Crippen molar-refractivity contribution in [1.82, 2.24) is 16.0 Å². The SMILES string of the molecule is Cc1ccc2c(-c3ccc(NC(=S)NCCCCCNC(=O)COCCOC/C=C/C4CC(/C=C/c5ccccc5)CC4C(=O)NCCOC4OC(COS(=O)(=O)O)C(O)C(C)C4O)cc3C(O)O)c3ccc(=O)cc-3oc2c1. The lowest BCUT2D eigenvalue weighted by atomic mass is 9.90. The second kappa shape index (κ2) is 29.5. The Balaban J connectivity index is 0.767. The molecule has 2 aliphatic carbocycles. The number of unbranched alkanes of at least 4 members (excludes halogenated alkanes) is 2. The highest BCUT2D eigenvalue weighted by atomic mass is 32.3. The Bertz CT molecular complexity index is 3030. The molecule has 1 saturated heterocycles. The summed E-state index contributed by atoms with van der Waals surface area (Å²) in [4.78, 5) is 38.2. The van der Waals surface area contributed by atoms with Gasteiger partial charge < -0.3 is 65.1 Å². The van der Waals surface area contributed by atoms with Crippen molar-refractivity contribution >= 4 is 62.3 Å². The van der Waals surface area contributed by atoms with Gasteiger partial charge in [-0.1, -0.05) is 79.8 Å². The van der Waals surface area contributed by atoms with Gasteiger partial charge in [0.1, 0.15) is 30.2 Å². The summed E-state index contributed by atoms with van der Waals surface area (Å²) in [6.07, 6.45) is 4.91. The highest BCUT2D eigenvalue weighted by molar-refractivity contribution is 7.81. The van der Waals surface area contributed by atoms with Crippen LogP contribution in [0.2, 0.25) is 0 Å². The standard InChI is InChI=1S/C57H70N4O16S2/c1-35-13-18-43-47(28-35)76-48-32-41(62)17-20-44(48)51(43)42-19-16-40(31-46(42)55(67)68)61-57(78)60-22-8-4-7-21-58-50(63)34-73-27-26-72-24-9-12-39-29-38(15-14-37-10-5-3-6-11-37)30-45(39)54(66)59-23-25-74-56-53(65)36(2)52(64)49(77-56)33-75-79(69,70)71/h3,5-6,9-20,28,31-32,36,38-39,45,49,52-53,55-56,64-65,67-68H,4,7-8,21-27,29-30,33-34H2,1-2H3,(H,58,63)(H,59,66)(H2,60,61,78)(H,69,70,71)/b12-9+,15-14+. The summed E-state index contributed by atoms with van der Waals surface area (Å²) in [5.41, 5.74) is 5.11. The Labute approximate surface area is 464 Å². The fraction of sp³-hybridized carbons (Fsp3) is 0.439. The van der Waals surface area contributed by atoms with Gasteiger partial charge in [0.05, 0.1) is 39.1 Å². The first-order valence-electron chi connectivity index (χ1n) is 26.3. The van der Waals surface area contributed by atoms with Crippen molar-refractivity contribution < 1.29 is 70.5 Å². The molecule has 3 aromatic rings. The predicted octanol–water partition coefficient (Wildman–Crippen LogP) is 5.41. The van der Waals surface area contributed by atoms with Crippen molar-refractivity contribution in [3.63, 3.8) is 0 Å². The van der Waals surface area contributed by atoms with E-state index in [1.165, 1.54) is 19.1 Å². The maximum absolute atomic E-state index is 13.6. The molecule has 0 aromatic heterocycles. The number of hydrogen-bond acceptors (Lipinski definition) is 16. The van der Waals surface area contributed by atoms with E-state index >= 15 is 0 Å². The fourth-order valence-corrected chi connectivity index (χ4v) is 10.2. The molecule has 1 saturated carbocycles. The van der Waals surface area contributed by atoms with Gasteiger partial charge >= 0.3 is 10.4 Å². The molecule has 7 rings (SSSR count). The third-order valence-electron chi connectivity index (χ3n) is 13.8. The van der Waals surface area contributed by atoms with E-state index in [4.69, 9.17) is 40.1 Å². The highest BCUT2D eigenvalue weighted by Gasteiger charge is 2.43. The van der Waals surface area contributed by atoms with Crippen LogP contribution in [-0.4, -0.2) is 134 Å². The normalized spacial score (nSPS) is 21.6. The zero-order valence-corrected chi connectivity index (χ0v) is 45.7. The number of hydrogen-bond donors (Lipinski definition) is 9. The molecule has 8 atom stereocenters. The Morgan fingerprint density at radius 1 is 0.848 bits per heavy atom. The molecule has 0 bridgehead atoms. The first kappa shape index (κ1) is 60.6. The Hall–Kier alpha value is -5.99. The average Bonchev–Trinajstić information content (AvgIpc) is 3.92. The quantitative estimate of drug-likeness (QED) is 0.00793. The number of aliphatic hydroxyl groups excluding tert-OH is 3. The van der Waals surface area contributed by atoms with E-state index in [0.29, 0.717) is 58.3 Å². The van der Waals surface area contributed by atoms with Crippen LogP contribution < -0.4 is 26.7 Å². The number of thiocarbonyl (C=S) groups is 1. The Kier molecular flexibility index (Phi) is 22.6. The number of carbonyl (C=O) groups excluding carboxylic acids is 2. The summed E-state index contributed by atoms with van der Waals surface area (Å²) in [6, 6.07) is 25.4. The molecule has 22 heteroatoms. The molecule has 0 spiro atoms. The van der Waals surface area contributed by atoms with Crippen LogP contribution >= 0.6 is 12.2 Å². The number of anilines is 1. The van der Waals surface area contributed by atoms with Gasteiger partial charge in [0.2, 0.25) is 11.8 Å². The van der Waals surface area contributed by atoms with Crippen LogP contribution in [0, 0.1) is 30.6 Å². The minimum atomic E-state index is -4.79. The second-order valence-corrected chi connectivity index (χ2v) is 21.2. The van der Waals surface area contributed by atoms with Gasteiger partial charge in [0.15, 0.2) is 23.1 Å². The van der Waals surface area contributed by atoms with E-state index in [9.17, 15) is 43.2 Å². The van der Waals surface area contributed by atoms with Crippen molar-refractivity contribution in [3.05, 3.63) is 130 Å². The number of benzene rings is 4. The fourth-order valence-electron chi connectivity index (χ4n) is 9.72. The van der Waals surface area contributed by atoms with Crippen LogP contribution in [0.4, 0.5) is 5.69 Å². The second-order valence-electron chi connectivity index (χ2n) is 19.7. The van der Waals surface area contributed by atoms with Crippen molar-refractivity contribution in [1.29, 1.82) is 0 Å². The molecule has 426 valence electrons. The first-order chi connectivity index (χ1) is 37.9. The summed E-state index contributed by atoms with van der Waals surface area (Å²) in [6.45, 7) is 4.48. The summed E-state index contributed by atoms with van der Waals surface area (Å²) in [5, 5.41) is 55.2. The van der Waals surface area contributed by atoms with Gasteiger partial charge in [0, 0.05) is 65.3 Å². The Morgan fingerprint density at radius 3 is 2.38 bits per heavy atom. The minimum absolute atomic E-state index is 0.0561. The van der Waals surface area contributed by atoms with Crippen molar-refractivity contribution in [2.45, 2.75) is 76.8 Å². The van der Waals surface area contributed by atoms with Crippen LogP contribution in [0.25, 0.3) is 39.5 Å². The van der Waals surface area contributed by atoms with Crippen molar-refractivity contribution in [2.75, 3.05) is 64.6 Å². The van der Waals surface area contributed by atoms with Gasteiger partial charge in [-0.3, -0.25) is 18.9 Å². The molecular weight excluding hydrogens is 1060 g/mol. The van der Waals surface area contributed by atoms with E-state index in [1.54, 1.807) is 24.3 Å². The number of allylic oxidation sites excluding steroid dienone is 2. The van der Waals surface area contributed by atoms with Crippen molar-refractivity contribution in [2.24, 2.45) is 23.7 Å². The van der Waals surface area contributed by atoms with Crippen LogP contribution in [0.15, 0.2) is 112 Å². The molecule has 8 unspecified atom stereocenters. The molecule has 2 amide bonds. The molecule has 3 aromatic carbocycles. The summed E-state index contributed by atoms with van der Waals surface area (Å²) >= 11 is 5.53. The molecule has 2 fully saturated rings. The highest BCUT2D eigenvalue weighted by Crippen LogP contribution is 2.43. The van der Waals surface area contributed by atoms with Crippen LogP contribution in [-0.2, 0) is 43.1 Å². The number of aliphatic hydroxyl groups is 4. The smallest absolute Gasteiger partial charge is 0.397 e. The van der Waals surface area contributed by atoms with E-state index in [1.807, 2.05) is 67.6 Å². The summed E-state index contributed by atoms with van der Waals surface area (Å²) in [7, 11) is -4.79. The monoisotopic (exact) mass is 1130 g/mol. The third kappa shape index (κ3) is 18.0. The van der Waals surface area contributed by atoms with Gasteiger partial charge in [-0.2, -0.15) is 8.42 Å². The number of aryl methyl sites for hydroxylation is 1. The third-order valence-corrected chi connectivity index (χ3v) is 14.5. The largest absolute Gasteiger partial charge is 0.456 e. The molecule has 2 aliphatic heterocycles. The summed E-state index contributed by atoms with van der Waals surface area (Å²) in [5.74, 6) is -1.10. The van der Waals surface area contributed by atoms with Crippen molar-refractivity contribution in [3.8, 4) is 22.5 Å². The van der Waals surface area contributed by atoms with E-state index in [-0.39, 0.29) is 80.1 Å². The van der Waals surface area contributed by atoms with Gasteiger partial charge in [-0.05, 0) is 110 Å². The maximum Gasteiger partial charge on any atom is 0.397 e. The Morgan fingerprint density at radius 2 is 1.61 bits per heavy atom. The van der Waals surface area contributed by atoms with Gasteiger partial charge in [-0.25, -0.2) is 4.18 Å². The predicted molar refractivity (Wildman–Crippen MR) is 300 cm³/mol. The average molecular weight is 1130 g/mol. The molecular formula is C57H70N4O16S2. The van der Waals surface area contributed by atoms with Crippen LogP contribution in [0.1, 0.15) is 62.0 Å².